The Hall–Kier alpha value is -0.290. The molecule has 0 rings (SSSR count). The van der Waals surface area contributed by atoms with Crippen molar-refractivity contribution in [3.05, 3.63) is 0 Å². The Morgan fingerprint density at radius 1 is 1.27 bits per heavy atom. The van der Waals surface area contributed by atoms with Gasteiger partial charge in [-0.15, -0.1) is 0 Å². The van der Waals surface area contributed by atoms with E-state index in [-0.39, 0.29) is 18.9 Å². The van der Waals surface area contributed by atoms with Crippen molar-refractivity contribution in [3.63, 3.8) is 0 Å². The van der Waals surface area contributed by atoms with Crippen molar-refractivity contribution in [2.75, 3.05) is 13.2 Å². The third-order valence-electron chi connectivity index (χ3n) is 0.129. The van der Waals surface area contributed by atoms with Gasteiger partial charge in [0.05, 0.1) is 6.61 Å². The zero-order valence-electron chi connectivity index (χ0n) is 6.48. The number of nitrogens with two attached hydrogens (primary N) is 1. The van der Waals surface area contributed by atoms with Crippen LogP contribution in [0.3, 0.4) is 0 Å². The van der Waals surface area contributed by atoms with Crippen molar-refractivity contribution in [1.82, 2.24) is 12.3 Å². The quantitative estimate of drug-likeness (QED) is 0.283. The molecule has 0 aliphatic rings. The number of aliphatic hydroxyl groups is 1. The van der Waals surface area contributed by atoms with E-state index in [4.69, 9.17) is 28.4 Å². The minimum Gasteiger partial charge on any atom is -0.759 e. The van der Waals surface area contributed by atoms with E-state index < -0.39 is 10.4 Å². The summed E-state index contributed by atoms with van der Waals surface area (Å²) in [7, 11) is -5.17. The molecule has 0 amide bonds. The molecule has 0 radical (unpaired) electrons. The molecule has 0 aliphatic carbocycles. The highest BCUT2D eigenvalue weighted by Crippen LogP contribution is 1.57. The van der Waals surface area contributed by atoms with Crippen LogP contribution < -0.4 is 18.0 Å². The molecule has 11 heavy (non-hydrogen) atoms. The second-order valence-electron chi connectivity index (χ2n) is 0.921. The van der Waals surface area contributed by atoms with Gasteiger partial charge in [-0.1, -0.05) is 0 Å². The number of hydrogen-bond acceptors (Lipinski definition) is 6. The molecule has 0 aromatic heterocycles. The maximum Gasteiger partial charge on any atom is 0.0553 e. The molecule has 0 unspecified atom stereocenters. The van der Waals surface area contributed by atoms with E-state index in [1.807, 2.05) is 0 Å². The molecule has 11 N–H and O–H groups in total. The minimum atomic E-state index is -5.17. The third-order valence-corrected chi connectivity index (χ3v) is 0.129. The van der Waals surface area contributed by atoms with Crippen LogP contribution in [0.5, 0.6) is 0 Å². The second-order valence-corrected chi connectivity index (χ2v) is 1.74. The van der Waals surface area contributed by atoms with Crippen LogP contribution in [0, 0.1) is 0 Å². The molecule has 0 bridgehead atoms. The van der Waals surface area contributed by atoms with E-state index in [0.717, 1.165) is 0 Å². The summed E-state index contributed by atoms with van der Waals surface area (Å²) in [6, 6.07) is 0. The fourth-order valence-corrected chi connectivity index (χ4v) is 0. The molecule has 74 valence electrons. The number of aliphatic hydroxyl groups excluding tert-OH is 1. The summed E-state index contributed by atoms with van der Waals surface area (Å²) in [5.74, 6) is 0. The average Bonchev–Trinajstić information content (AvgIpc) is 1.61. The second kappa shape index (κ2) is 12.4. The highest BCUT2D eigenvalue weighted by Gasteiger charge is 1.56. The lowest BCUT2D eigenvalue weighted by Gasteiger charge is -2.06. The summed E-state index contributed by atoms with van der Waals surface area (Å²) in [6.45, 7) is 0.472. The highest BCUT2D eigenvalue weighted by molar-refractivity contribution is 7.79. The molecule has 0 saturated carbocycles. The molecule has 0 atom stereocenters. The monoisotopic (exact) mass is 193 g/mol. The predicted molar refractivity (Wildman–Crippen MR) is 38.6 cm³/mol. The smallest absolute Gasteiger partial charge is 0.0553 e. The Balaban J connectivity index is -0.0000000383. The largest absolute Gasteiger partial charge is 0.759 e. The molecule has 9 heteroatoms. The van der Waals surface area contributed by atoms with Gasteiger partial charge in [0.1, 0.15) is 0 Å². The number of quaternary nitrogens is 2. The molecular formula is C2H15N3O5S. The van der Waals surface area contributed by atoms with Crippen LogP contribution >= 0.6 is 0 Å². The van der Waals surface area contributed by atoms with Gasteiger partial charge in [0.25, 0.3) is 0 Å². The van der Waals surface area contributed by atoms with Crippen molar-refractivity contribution in [1.29, 1.82) is 0 Å². The van der Waals surface area contributed by atoms with Crippen molar-refractivity contribution < 1.29 is 22.6 Å². The number of rotatable bonds is 1. The maximum absolute atomic E-state index is 8.52. The van der Waals surface area contributed by atoms with Crippen molar-refractivity contribution in [2.24, 2.45) is 5.73 Å². The summed E-state index contributed by atoms with van der Waals surface area (Å²) in [6.07, 6.45) is 0. The SMILES string of the molecule is NCCO.O=S(=O)([O-])[O-].[NH4+].[NH4+]. The summed E-state index contributed by atoms with van der Waals surface area (Å²) in [5, 5.41) is 7.75. The molecule has 0 aromatic rings. The Morgan fingerprint density at radius 3 is 1.36 bits per heavy atom. The maximum atomic E-state index is 8.52. The average molecular weight is 193 g/mol. The Labute approximate surface area is 65.1 Å². The Kier molecular flexibility index (Phi) is 25.3. The molecule has 8 nitrogen and oxygen atoms in total. The molecule has 0 saturated heterocycles. The lowest BCUT2D eigenvalue weighted by Crippen LogP contribution is -2.02. The van der Waals surface area contributed by atoms with Gasteiger partial charge in [0.2, 0.25) is 0 Å². The van der Waals surface area contributed by atoms with Gasteiger partial charge in [0.15, 0.2) is 0 Å². The molecule has 0 fully saturated rings. The third kappa shape index (κ3) is 1150. The number of hydrogen-bond donors (Lipinski definition) is 4. The van der Waals surface area contributed by atoms with Gasteiger partial charge >= 0.3 is 0 Å². The molecule has 0 heterocycles. The van der Waals surface area contributed by atoms with Gasteiger partial charge in [-0.25, -0.2) is 0 Å². The predicted octanol–water partition coefficient (Wildman–Crippen LogP) is -1.65. The minimum absolute atomic E-state index is 0. The first kappa shape index (κ1) is 22.4. The molecule has 0 spiro atoms. The van der Waals surface area contributed by atoms with Crippen LogP contribution in [0.1, 0.15) is 0 Å². The first-order valence-electron chi connectivity index (χ1n) is 1.89. The lowest BCUT2D eigenvalue weighted by atomic mass is 10.8. The first-order chi connectivity index (χ1) is 3.91. The summed E-state index contributed by atoms with van der Waals surface area (Å²) < 4.78 is 34.1. The van der Waals surface area contributed by atoms with Crippen LogP contribution in [-0.2, 0) is 10.4 Å². The molecule has 0 aromatic carbocycles. The summed E-state index contributed by atoms with van der Waals surface area (Å²) in [4.78, 5) is 0. The van der Waals surface area contributed by atoms with E-state index in [9.17, 15) is 0 Å². The van der Waals surface area contributed by atoms with Gasteiger partial charge in [0, 0.05) is 16.9 Å². The van der Waals surface area contributed by atoms with Crippen LogP contribution in [0.25, 0.3) is 0 Å². The van der Waals surface area contributed by atoms with Crippen molar-refractivity contribution in [2.45, 2.75) is 0 Å². The van der Waals surface area contributed by atoms with Gasteiger partial charge < -0.3 is 32.2 Å². The fraction of sp³-hybridized carbons (Fsp3) is 1.00. The Bertz CT molecular complexity index is 123. The molecular weight excluding hydrogens is 178 g/mol. The lowest BCUT2D eigenvalue weighted by molar-refractivity contribution is 0.306. The topological polar surface area (TPSA) is 200 Å². The van der Waals surface area contributed by atoms with Crippen LogP contribution in [0.2, 0.25) is 0 Å². The van der Waals surface area contributed by atoms with E-state index >= 15 is 0 Å². The van der Waals surface area contributed by atoms with Gasteiger partial charge in [-0.2, -0.15) is 0 Å². The fourth-order valence-electron chi connectivity index (χ4n) is 0. The first-order valence-corrected chi connectivity index (χ1v) is 3.22. The zero-order chi connectivity index (χ0) is 7.91. The normalized spacial score (nSPS) is 8.00. The van der Waals surface area contributed by atoms with Crippen molar-refractivity contribution >= 4 is 10.4 Å². The van der Waals surface area contributed by atoms with Gasteiger partial charge in [-0.3, -0.25) is 8.42 Å². The van der Waals surface area contributed by atoms with E-state index in [2.05, 4.69) is 0 Å². The molecule has 0 aliphatic heterocycles. The highest BCUT2D eigenvalue weighted by atomic mass is 32.3. The van der Waals surface area contributed by atoms with E-state index in [1.165, 1.54) is 0 Å². The van der Waals surface area contributed by atoms with Gasteiger partial charge in [-0.05, 0) is 0 Å². The van der Waals surface area contributed by atoms with E-state index in [1.54, 1.807) is 0 Å². The summed E-state index contributed by atoms with van der Waals surface area (Å²) >= 11 is 0. The standard InChI is InChI=1S/C2H7NO.2H3N.H2O4S/c3-1-2-4;;;1-5(2,3)4/h4H,1-3H2;2*1H3;(H2,1,2,3,4). The van der Waals surface area contributed by atoms with Crippen LogP contribution in [-0.4, -0.2) is 35.8 Å². The van der Waals surface area contributed by atoms with E-state index in [0.29, 0.717) is 6.54 Å². The summed E-state index contributed by atoms with van der Waals surface area (Å²) in [5.41, 5.74) is 4.78. The van der Waals surface area contributed by atoms with Crippen LogP contribution in [0.15, 0.2) is 0 Å². The Morgan fingerprint density at radius 2 is 1.36 bits per heavy atom. The van der Waals surface area contributed by atoms with Crippen LogP contribution in [0.4, 0.5) is 0 Å². The van der Waals surface area contributed by atoms with Crippen molar-refractivity contribution in [3.8, 4) is 0 Å². The zero-order valence-corrected chi connectivity index (χ0v) is 7.30.